The fourth-order valence-corrected chi connectivity index (χ4v) is 16.2. The van der Waals surface area contributed by atoms with Crippen LogP contribution in [0.15, 0.2) is 125 Å². The number of hydrogen-bond donors (Lipinski definition) is 7. The van der Waals surface area contributed by atoms with E-state index in [1.807, 2.05) is 74.8 Å². The van der Waals surface area contributed by atoms with Gasteiger partial charge in [0.15, 0.2) is 42.9 Å². The highest BCUT2D eigenvalue weighted by Crippen LogP contribution is 2.32. The van der Waals surface area contributed by atoms with Crippen LogP contribution in [0.3, 0.4) is 0 Å². The molecule has 10 aromatic heterocycles. The predicted molar refractivity (Wildman–Crippen MR) is 492 cm³/mol. The number of halogens is 1. The maximum absolute atomic E-state index is 10.9. The summed E-state index contributed by atoms with van der Waals surface area (Å²) in [4.78, 5) is 70.4. The second-order valence-corrected chi connectivity index (χ2v) is 41.6. The molecule has 1 atom stereocenters. The molecule has 0 bridgehead atoms. The topological polar surface area (TPSA) is 349 Å². The fourth-order valence-electron chi connectivity index (χ4n) is 11.7. The van der Waals surface area contributed by atoms with Crippen LogP contribution in [0.25, 0.3) is 12.2 Å². The molecule has 30 heteroatoms. The highest BCUT2D eigenvalue weighted by molar-refractivity contribution is 9.11. The zero-order valence-corrected chi connectivity index (χ0v) is 77.3. The second kappa shape index (κ2) is 47.2. The van der Waals surface area contributed by atoms with Gasteiger partial charge in [-0.15, -0.1) is 56.7 Å². The van der Waals surface area contributed by atoms with Crippen molar-refractivity contribution < 1.29 is 36.8 Å². The van der Waals surface area contributed by atoms with Crippen LogP contribution in [-0.2, 0) is 83.2 Å². The van der Waals surface area contributed by atoms with Crippen molar-refractivity contribution in [2.45, 2.75) is 292 Å². The lowest BCUT2D eigenvalue weighted by Crippen LogP contribution is -2.38. The van der Waals surface area contributed by atoms with Crippen LogP contribution in [0.4, 0.5) is 21.1 Å². The van der Waals surface area contributed by atoms with Crippen molar-refractivity contribution in [2.24, 2.45) is 5.73 Å². The molecule has 0 unspecified atom stereocenters. The third-order valence-corrected chi connectivity index (χ3v) is 24.1. The zero-order chi connectivity index (χ0) is 85.6. The summed E-state index contributed by atoms with van der Waals surface area (Å²) in [5.74, 6) is 7.22. The van der Waals surface area contributed by atoms with Crippen molar-refractivity contribution in [3.8, 4) is 0 Å². The summed E-state index contributed by atoms with van der Waals surface area (Å²) in [6.07, 6.45) is 46.3. The quantitative estimate of drug-likeness (QED) is 0.0329. The fraction of sp³-hybridized carbons (Fsp3) is 0.528. The summed E-state index contributed by atoms with van der Waals surface area (Å²) in [5.41, 5.74) is 12.0. The summed E-state index contributed by atoms with van der Waals surface area (Å²) in [7, 11) is 0. The molecule has 3 aliphatic rings. The predicted octanol–water partition coefficient (Wildman–Crippen LogP) is 22.4. The molecule has 1 aliphatic heterocycles. The van der Waals surface area contributed by atoms with E-state index in [2.05, 4.69) is 197 Å². The van der Waals surface area contributed by atoms with Gasteiger partial charge in [0.05, 0.1) is 41.6 Å². The standard InChI is InChI=1S/C18H27N3OS.C17H26N4OS.C13H16N2OS.C12H15BrN2OS.C12H17N3OS.C10H9NO3.C6H13N.CH4/c1-18(2,3)15-12-19-16(22-15)10-9-14-11-20-17(23-14)21-13-7-5-4-6-8-13;1-17(2,3)14-11-19-15(22-14)7-6-13-10-20-16(23-13)21-12-5-4-8-18-9-12;1-9-14-7-10(17-9)5-6-12-15-8-11(16-12)13(2,3)4;2*1-12(2,3)9-7-14-10(16-9)5-4-8-6-15-11(13)17-8;1-2-9(12)11-8-5-3-7(4-6-8)10(13)14;7-6-4-2-1-3-5-6;/h11-13H,4-10H2,1-3H3,(H,20,21);10-12,18H,4-9H2,1-3H3,(H,20,21);5-8H,1-4H3;6-7H,4-5H2,1-3H3;6-7H,4-5H2,1-3H3,(H2,13,15);2-6H,1H2,(H,11,12)(H,13,14);6H,1-5,7H2;1H4/b;;6-5+;;;;;/t;12-;;;;;;/m.1....../s1. The first-order valence-electron chi connectivity index (χ1n) is 40.7. The number of piperidine rings is 1. The van der Waals surface area contributed by atoms with E-state index in [9.17, 15) is 9.59 Å². The maximum Gasteiger partial charge on any atom is 0.335 e. The monoisotopic (exact) mass is 1790 g/mol. The third kappa shape index (κ3) is 35.7. The van der Waals surface area contributed by atoms with Crippen LogP contribution in [0.2, 0.25) is 0 Å². The van der Waals surface area contributed by atoms with Gasteiger partial charge in [0, 0.05) is 145 Å². The number of aryl methyl sites for hydroxylation is 9. The molecule has 1 amide bonds. The SMILES string of the molecule is C.C=CC(=O)Nc1ccc(C(=O)O)cc1.CC(C)(C)c1cnc(CCc2cnc(Br)s2)o1.CC(C)(C)c1cnc(CCc2cnc(N)s2)o1.CC(C)(C)c1cnc(CCc2cnc(NC3CCCCC3)s2)o1.CC(C)(C)c1cnc(CCc2cnc(N[C@@H]3CCCNC3)s2)o1.Cc1ncc(/C=C/c2ncc(C(C)(C)C)o2)s1.NC1CCCCC1. The average molecular weight is 1790 g/mol. The number of carbonyl (C=O) groups excluding carboxylic acids is 1. The molecule has 24 nitrogen and oxygen atoms in total. The van der Waals surface area contributed by atoms with Crippen LogP contribution in [0, 0.1) is 6.92 Å². The van der Waals surface area contributed by atoms with Gasteiger partial charge in [0.2, 0.25) is 11.8 Å². The Labute approximate surface area is 732 Å². The van der Waals surface area contributed by atoms with Crippen molar-refractivity contribution in [1.29, 1.82) is 0 Å². The Morgan fingerprint density at radius 3 is 1.27 bits per heavy atom. The van der Waals surface area contributed by atoms with Crippen molar-refractivity contribution >= 4 is 118 Å². The highest BCUT2D eigenvalue weighted by atomic mass is 79.9. The summed E-state index contributed by atoms with van der Waals surface area (Å²) >= 11 is 11.7. The minimum Gasteiger partial charge on any atom is -0.478 e. The van der Waals surface area contributed by atoms with E-state index in [0.717, 1.165) is 152 Å². The minimum absolute atomic E-state index is 0. The van der Waals surface area contributed by atoms with E-state index < -0.39 is 5.97 Å². The number of carbonyl (C=O) groups is 2. The lowest BCUT2D eigenvalue weighted by molar-refractivity contribution is -0.111. The zero-order valence-electron chi connectivity index (χ0n) is 71.7. The number of nitrogen functional groups attached to an aromatic ring is 1. The Balaban J connectivity index is 0.000000195. The number of oxazole rings is 5. The molecule has 2 saturated carbocycles. The summed E-state index contributed by atoms with van der Waals surface area (Å²) in [5, 5.41) is 25.4. The molecule has 11 heterocycles. The number of nitrogens with zero attached hydrogens (tertiary/aromatic N) is 10. The first kappa shape index (κ1) is 97.8. The first-order chi connectivity index (χ1) is 55.9. The Hall–Kier alpha value is -8.36. The van der Waals surface area contributed by atoms with Crippen molar-refractivity contribution in [3.63, 3.8) is 0 Å². The van der Waals surface area contributed by atoms with E-state index in [-0.39, 0.29) is 46.0 Å². The van der Waals surface area contributed by atoms with Crippen LogP contribution in [-0.4, -0.2) is 98.0 Å². The highest BCUT2D eigenvalue weighted by Gasteiger charge is 2.25. The van der Waals surface area contributed by atoms with Gasteiger partial charge in [-0.25, -0.2) is 54.6 Å². The van der Waals surface area contributed by atoms with Gasteiger partial charge in [-0.1, -0.05) is 156 Å². The number of thiazole rings is 5. The van der Waals surface area contributed by atoms with E-state index in [1.165, 1.54) is 127 Å². The number of anilines is 4. The lowest BCUT2D eigenvalue weighted by Gasteiger charge is -2.23. The van der Waals surface area contributed by atoms with Crippen LogP contribution >= 0.6 is 72.6 Å². The molecule has 1 saturated heterocycles. The second-order valence-electron chi connectivity index (χ2n) is 34.5. The van der Waals surface area contributed by atoms with Crippen LogP contribution < -0.4 is 32.7 Å². The average Bonchev–Trinajstić information content (AvgIpc) is 1.74. The van der Waals surface area contributed by atoms with Gasteiger partial charge in [-0.3, -0.25) is 4.79 Å². The summed E-state index contributed by atoms with van der Waals surface area (Å²) in [6.45, 7) is 39.3. The molecule has 1 aromatic carbocycles. The van der Waals surface area contributed by atoms with E-state index in [0.29, 0.717) is 34.8 Å². The largest absolute Gasteiger partial charge is 0.478 e. The Kier molecular flexibility index (Phi) is 38.7. The molecule has 11 aromatic rings. The number of amides is 1. The number of rotatable bonds is 21. The molecule has 14 rings (SSSR count). The number of nitrogens with one attached hydrogen (secondary N) is 4. The Morgan fingerprint density at radius 2 is 0.908 bits per heavy atom. The van der Waals surface area contributed by atoms with Gasteiger partial charge in [-0.05, 0) is 130 Å². The van der Waals surface area contributed by atoms with E-state index in [4.69, 9.17) is 38.7 Å². The molecule has 2 aliphatic carbocycles. The number of aromatic nitrogens is 10. The molecule has 0 radical (unpaired) electrons. The number of carboxylic acids is 1. The Morgan fingerprint density at radius 1 is 0.496 bits per heavy atom. The number of hydrogen-bond acceptors (Lipinski definition) is 27. The van der Waals surface area contributed by atoms with E-state index >= 15 is 0 Å². The summed E-state index contributed by atoms with van der Waals surface area (Å²) in [6, 6.07) is 7.53. The maximum atomic E-state index is 10.9. The van der Waals surface area contributed by atoms with Crippen molar-refractivity contribution in [1.82, 2.24) is 55.2 Å². The van der Waals surface area contributed by atoms with Gasteiger partial charge in [-0.2, -0.15) is 0 Å². The molecule has 0 spiro atoms. The molecule has 648 valence electrons. The molecule has 3 fully saturated rings. The van der Waals surface area contributed by atoms with E-state index in [1.54, 1.807) is 51.5 Å². The molecule has 9 N–H and O–H groups in total. The number of carboxylic acid groups (broad SMARTS) is 1. The van der Waals surface area contributed by atoms with Crippen molar-refractivity contribution in [3.05, 3.63) is 196 Å². The number of nitrogens with two attached hydrogens (primary N) is 2. The Bertz CT molecular complexity index is 4590. The molecule has 119 heavy (non-hydrogen) atoms. The van der Waals surface area contributed by atoms with Crippen LogP contribution in [0.1, 0.15) is 286 Å². The summed E-state index contributed by atoms with van der Waals surface area (Å²) < 4.78 is 29.7. The van der Waals surface area contributed by atoms with Gasteiger partial charge < -0.3 is 59.9 Å². The lowest BCUT2D eigenvalue weighted by atomic mass is 9.94. The van der Waals surface area contributed by atoms with Gasteiger partial charge in [0.25, 0.3) is 0 Å². The molecular weight excluding hydrogens is 1660 g/mol. The number of benzene rings is 1. The number of aromatic carboxylic acids is 1. The smallest absolute Gasteiger partial charge is 0.335 e. The first-order valence-corrected chi connectivity index (χ1v) is 45.6. The molecular formula is C89H127BrN16O8S5. The third-order valence-electron chi connectivity index (χ3n) is 18.8. The normalized spacial score (nSPS) is 14.7. The minimum atomic E-state index is -0.994. The van der Waals surface area contributed by atoms with Crippen LogP contribution in [0.5, 0.6) is 0 Å². The van der Waals surface area contributed by atoms with Crippen molar-refractivity contribution in [2.75, 3.05) is 34.8 Å². The van der Waals surface area contributed by atoms with Gasteiger partial charge >= 0.3 is 5.97 Å². The van der Waals surface area contributed by atoms with Gasteiger partial charge in [0.1, 0.15) is 28.8 Å².